The molecule has 0 unspecified atom stereocenters. The Hall–Kier alpha value is -1.34. The van der Waals surface area contributed by atoms with Gasteiger partial charge in [0.15, 0.2) is 0 Å². The van der Waals surface area contributed by atoms with Gasteiger partial charge in [-0.1, -0.05) is 5.10 Å². The fourth-order valence-corrected chi connectivity index (χ4v) is 0.603. The Kier molecular flexibility index (Phi) is 2.15. The van der Waals surface area contributed by atoms with Crippen LogP contribution in [-0.2, 0) is 6.54 Å². The first kappa shape index (κ1) is 8.75. The number of nitrogen functional groups attached to an aromatic ring is 1. The van der Waals surface area contributed by atoms with Gasteiger partial charge in [-0.25, -0.2) is 4.68 Å². The second-order valence-electron chi connectivity index (χ2n) is 2.13. The summed E-state index contributed by atoms with van der Waals surface area (Å²) in [6.45, 7) is -0.345. The minimum absolute atomic E-state index is 0.112. The van der Waals surface area contributed by atoms with Crippen LogP contribution in [0.5, 0.6) is 0 Å². The Balaban J connectivity index is 2.49. The second-order valence-corrected chi connectivity index (χ2v) is 2.13. The molecule has 0 aliphatic heterocycles. The third-order valence-electron chi connectivity index (χ3n) is 1.17. The topological polar surface area (TPSA) is 69.6 Å². The fourth-order valence-electron chi connectivity index (χ4n) is 0.603. The summed E-state index contributed by atoms with van der Waals surface area (Å²) in [5.41, 5.74) is 5.13. The number of aryl methyl sites for hydroxylation is 1. The molecule has 2 N–H and O–H groups in total. The maximum Gasteiger partial charge on any atom is 0.390 e. The number of hydrogen-bond acceptors (Lipinski definition) is 4. The highest BCUT2D eigenvalue weighted by molar-refractivity contribution is 5.09. The average Bonchev–Trinajstić information content (AvgIpc) is 2.29. The quantitative estimate of drug-likeness (QED) is 0.707. The number of alkyl halides is 3. The van der Waals surface area contributed by atoms with E-state index in [1.165, 1.54) is 0 Å². The molecule has 68 valence electrons. The van der Waals surface area contributed by atoms with E-state index in [9.17, 15) is 13.2 Å². The molecular formula is C4H6F3N5. The Morgan fingerprint density at radius 1 is 1.42 bits per heavy atom. The predicted octanol–water partition coefficient (Wildman–Crippen LogP) is 0.208. The summed E-state index contributed by atoms with van der Waals surface area (Å²) >= 11 is 0. The second kappa shape index (κ2) is 2.95. The van der Waals surface area contributed by atoms with Crippen molar-refractivity contribution in [1.82, 2.24) is 20.2 Å². The van der Waals surface area contributed by atoms with Crippen LogP contribution in [0.4, 0.5) is 19.1 Å². The zero-order valence-corrected chi connectivity index (χ0v) is 5.91. The molecule has 0 aliphatic rings. The molecule has 0 fully saturated rings. The average molecular weight is 181 g/mol. The summed E-state index contributed by atoms with van der Waals surface area (Å²) in [5.74, 6) is -0.112. The molecule has 8 heteroatoms. The zero-order valence-electron chi connectivity index (χ0n) is 5.91. The standard InChI is InChI=1S/C4H6F3N5/c5-4(6,7)1-2-12-3(8)9-10-11-12/h1-2H2,(H2,8,9,11). The molecule has 1 heterocycles. The van der Waals surface area contributed by atoms with Crippen LogP contribution in [-0.4, -0.2) is 26.4 Å². The van der Waals surface area contributed by atoms with Crippen molar-refractivity contribution in [3.63, 3.8) is 0 Å². The molecule has 0 atom stereocenters. The third-order valence-corrected chi connectivity index (χ3v) is 1.17. The fraction of sp³-hybridized carbons (Fsp3) is 0.750. The van der Waals surface area contributed by atoms with Gasteiger partial charge in [0.1, 0.15) is 0 Å². The molecule has 0 amide bonds. The summed E-state index contributed by atoms with van der Waals surface area (Å²) in [7, 11) is 0. The first-order valence-electron chi connectivity index (χ1n) is 3.07. The maximum absolute atomic E-state index is 11.7. The van der Waals surface area contributed by atoms with Crippen molar-refractivity contribution in [2.24, 2.45) is 0 Å². The van der Waals surface area contributed by atoms with Gasteiger partial charge in [0.05, 0.1) is 13.0 Å². The molecule has 1 aromatic heterocycles. The van der Waals surface area contributed by atoms with E-state index < -0.39 is 12.6 Å². The number of rotatable bonds is 2. The molecule has 0 bridgehead atoms. The van der Waals surface area contributed by atoms with Crippen molar-refractivity contribution in [3.05, 3.63) is 0 Å². The minimum atomic E-state index is -4.21. The highest BCUT2D eigenvalue weighted by atomic mass is 19.4. The van der Waals surface area contributed by atoms with Gasteiger partial charge in [-0.05, 0) is 10.4 Å². The normalized spacial score (nSPS) is 11.9. The van der Waals surface area contributed by atoms with Crippen molar-refractivity contribution in [3.8, 4) is 0 Å². The largest absolute Gasteiger partial charge is 0.390 e. The van der Waals surface area contributed by atoms with Gasteiger partial charge in [-0.15, -0.1) is 0 Å². The van der Waals surface area contributed by atoms with Crippen LogP contribution in [0, 0.1) is 0 Å². The summed E-state index contributed by atoms with van der Waals surface area (Å²) in [6, 6.07) is 0. The lowest BCUT2D eigenvalue weighted by Crippen LogP contribution is -2.14. The summed E-state index contributed by atoms with van der Waals surface area (Å²) in [5, 5.41) is 9.57. The van der Waals surface area contributed by atoms with E-state index >= 15 is 0 Å². The van der Waals surface area contributed by atoms with Crippen LogP contribution in [0.1, 0.15) is 6.42 Å². The smallest absolute Gasteiger partial charge is 0.367 e. The molecule has 0 saturated heterocycles. The summed E-state index contributed by atoms with van der Waals surface area (Å²) in [4.78, 5) is 0. The lowest BCUT2D eigenvalue weighted by molar-refractivity contribution is -0.137. The molecule has 0 saturated carbocycles. The number of hydrogen-bond donors (Lipinski definition) is 1. The lowest BCUT2D eigenvalue weighted by Gasteiger charge is -2.04. The van der Waals surface area contributed by atoms with Crippen molar-refractivity contribution in [2.45, 2.75) is 19.1 Å². The van der Waals surface area contributed by atoms with Crippen LogP contribution in [0.25, 0.3) is 0 Å². The van der Waals surface area contributed by atoms with Gasteiger partial charge in [0, 0.05) is 0 Å². The van der Waals surface area contributed by atoms with E-state index in [1.54, 1.807) is 0 Å². The van der Waals surface area contributed by atoms with Crippen LogP contribution < -0.4 is 5.73 Å². The van der Waals surface area contributed by atoms with Gasteiger partial charge in [0.25, 0.3) is 0 Å². The summed E-state index contributed by atoms with van der Waals surface area (Å²) < 4.78 is 35.9. The van der Waals surface area contributed by atoms with Crippen molar-refractivity contribution in [1.29, 1.82) is 0 Å². The van der Waals surface area contributed by atoms with E-state index in [1.807, 2.05) is 0 Å². The van der Waals surface area contributed by atoms with Gasteiger partial charge in [-0.2, -0.15) is 13.2 Å². The van der Waals surface area contributed by atoms with E-state index in [0.717, 1.165) is 4.68 Å². The number of nitrogens with two attached hydrogens (primary N) is 1. The molecule has 1 aromatic rings. The van der Waals surface area contributed by atoms with E-state index in [0.29, 0.717) is 0 Å². The van der Waals surface area contributed by atoms with Crippen LogP contribution in [0.3, 0.4) is 0 Å². The highest BCUT2D eigenvalue weighted by Crippen LogP contribution is 2.20. The molecule has 12 heavy (non-hydrogen) atoms. The first-order valence-corrected chi connectivity index (χ1v) is 3.07. The monoisotopic (exact) mass is 181 g/mol. The molecule has 0 radical (unpaired) electrons. The van der Waals surface area contributed by atoms with Crippen LogP contribution in [0.2, 0.25) is 0 Å². The molecule has 1 rings (SSSR count). The number of tetrazole rings is 1. The maximum atomic E-state index is 11.7. The van der Waals surface area contributed by atoms with E-state index in [-0.39, 0.29) is 12.5 Å². The van der Waals surface area contributed by atoms with Crippen molar-refractivity contribution >= 4 is 5.95 Å². The lowest BCUT2D eigenvalue weighted by atomic mass is 10.4. The van der Waals surface area contributed by atoms with Gasteiger partial charge >= 0.3 is 6.18 Å². The Morgan fingerprint density at radius 3 is 2.50 bits per heavy atom. The Morgan fingerprint density at radius 2 is 2.08 bits per heavy atom. The summed E-state index contributed by atoms with van der Waals surface area (Å²) in [6.07, 6.45) is -5.19. The van der Waals surface area contributed by atoms with Crippen molar-refractivity contribution in [2.75, 3.05) is 5.73 Å². The minimum Gasteiger partial charge on any atom is -0.367 e. The third kappa shape index (κ3) is 2.36. The van der Waals surface area contributed by atoms with E-state index in [2.05, 4.69) is 15.5 Å². The van der Waals surface area contributed by atoms with Crippen LogP contribution in [0.15, 0.2) is 0 Å². The molecule has 0 aliphatic carbocycles. The number of anilines is 1. The predicted molar refractivity (Wildman–Crippen MR) is 32.9 cm³/mol. The van der Waals surface area contributed by atoms with Crippen LogP contribution >= 0.6 is 0 Å². The zero-order chi connectivity index (χ0) is 9.19. The molecule has 5 nitrogen and oxygen atoms in total. The van der Waals surface area contributed by atoms with Gasteiger partial charge in [0.2, 0.25) is 5.95 Å². The van der Waals surface area contributed by atoms with Gasteiger partial charge in [-0.3, -0.25) is 0 Å². The number of nitrogens with zero attached hydrogens (tertiary/aromatic N) is 4. The number of halogens is 3. The van der Waals surface area contributed by atoms with Crippen molar-refractivity contribution < 1.29 is 13.2 Å². The molecular weight excluding hydrogens is 175 g/mol. The first-order chi connectivity index (χ1) is 5.49. The Labute approximate surface area is 65.3 Å². The molecule has 0 spiro atoms. The number of aromatic nitrogens is 4. The highest BCUT2D eigenvalue weighted by Gasteiger charge is 2.27. The van der Waals surface area contributed by atoms with Gasteiger partial charge < -0.3 is 5.73 Å². The SMILES string of the molecule is Nc1nnnn1CCC(F)(F)F. The Bertz CT molecular complexity index is 253. The van der Waals surface area contributed by atoms with E-state index in [4.69, 9.17) is 5.73 Å². The molecule has 0 aromatic carbocycles.